The Labute approximate surface area is 527 Å². The third kappa shape index (κ3) is 70.4. The molecule has 496 valence electrons. The standard InChI is InChI=1S/C75H138NO8P/c1-6-8-10-12-14-16-18-20-22-24-26-28-30-32-34-35-36-37-38-39-40-41-42-44-46-48-50-52-54-56-58-60-62-64-66-68-75(78)84-73(72-83-85(79,80)82-70-69-76(3,4)5)71-81-74(77)67-65-63-61-59-57-55-53-51-49-47-45-43-33-31-29-27-25-23-21-19-17-15-13-11-9-7-2/h8,10,14,16,20,22,26,28,32,34,36-37,73H,6-7,9,11-13,15,17-19,21,23-25,27,29-31,33,35,38-72H2,1-5H3/p+1/b10-8-,16-14-,22-20-,28-26-,34-32-,37-36-. The summed E-state index contributed by atoms with van der Waals surface area (Å²) in [5, 5.41) is 0. The van der Waals surface area contributed by atoms with Crippen LogP contribution in [0.2, 0.25) is 0 Å². The van der Waals surface area contributed by atoms with E-state index in [1.807, 2.05) is 21.1 Å². The quantitative estimate of drug-likeness (QED) is 0.0211. The lowest BCUT2D eigenvalue weighted by molar-refractivity contribution is -0.870. The van der Waals surface area contributed by atoms with Gasteiger partial charge in [0.1, 0.15) is 19.8 Å². The van der Waals surface area contributed by atoms with Crippen LogP contribution in [-0.4, -0.2) is 74.9 Å². The Morgan fingerprint density at radius 2 is 0.671 bits per heavy atom. The second-order valence-electron chi connectivity index (χ2n) is 25.6. The molecule has 0 saturated heterocycles. The second kappa shape index (κ2) is 65.9. The minimum Gasteiger partial charge on any atom is -0.462 e. The van der Waals surface area contributed by atoms with Gasteiger partial charge in [0.05, 0.1) is 27.7 Å². The Bertz CT molecular complexity index is 1660. The van der Waals surface area contributed by atoms with Crippen LogP contribution in [0.25, 0.3) is 0 Å². The number of rotatable bonds is 67. The number of carbonyl (C=O) groups excluding carboxylic acids is 2. The Balaban J connectivity index is 4.00. The predicted octanol–water partition coefficient (Wildman–Crippen LogP) is 23.6. The third-order valence-electron chi connectivity index (χ3n) is 16.0. The van der Waals surface area contributed by atoms with E-state index >= 15 is 0 Å². The Kier molecular flexibility index (Phi) is 63.9. The fourth-order valence-corrected chi connectivity index (χ4v) is 11.2. The van der Waals surface area contributed by atoms with Crippen molar-refractivity contribution in [1.82, 2.24) is 0 Å². The molecule has 0 rings (SSSR count). The third-order valence-corrected chi connectivity index (χ3v) is 17.0. The van der Waals surface area contributed by atoms with Gasteiger partial charge in [-0.2, -0.15) is 0 Å². The average Bonchev–Trinajstić information content (AvgIpc) is 3.51. The molecule has 0 amide bonds. The van der Waals surface area contributed by atoms with E-state index in [4.69, 9.17) is 18.5 Å². The molecule has 10 heteroatoms. The van der Waals surface area contributed by atoms with Crippen molar-refractivity contribution in [1.29, 1.82) is 0 Å². The number of esters is 2. The van der Waals surface area contributed by atoms with E-state index in [-0.39, 0.29) is 25.6 Å². The van der Waals surface area contributed by atoms with Crippen molar-refractivity contribution in [3.05, 3.63) is 72.9 Å². The molecule has 85 heavy (non-hydrogen) atoms. The molecule has 0 aromatic rings. The molecule has 0 heterocycles. The summed E-state index contributed by atoms with van der Waals surface area (Å²) >= 11 is 0. The van der Waals surface area contributed by atoms with Crippen LogP contribution in [-0.2, 0) is 32.7 Å². The van der Waals surface area contributed by atoms with Gasteiger partial charge >= 0.3 is 19.8 Å². The Hall–Kier alpha value is -2.55. The SMILES string of the molecule is CC/C=C\C/C=C\C/C=C\C/C=C\C/C=C\C/C=C\CCCCCCCCCCCCCCCCCCC(=O)OC(COC(=O)CCCCCCCCCCCCCCCCCCCCCCCCCCCC)COP(=O)(O)OCC[N+](C)(C)C. The van der Waals surface area contributed by atoms with Gasteiger partial charge in [-0.15, -0.1) is 0 Å². The molecule has 0 saturated carbocycles. The summed E-state index contributed by atoms with van der Waals surface area (Å²) in [7, 11) is 1.49. The van der Waals surface area contributed by atoms with Gasteiger partial charge in [-0.3, -0.25) is 18.6 Å². The molecule has 0 spiro atoms. The number of phosphoric acid groups is 1. The van der Waals surface area contributed by atoms with Crippen LogP contribution >= 0.6 is 7.82 Å². The maximum absolute atomic E-state index is 12.9. The molecule has 0 bridgehead atoms. The van der Waals surface area contributed by atoms with Crippen molar-refractivity contribution >= 4 is 19.8 Å². The first-order valence-electron chi connectivity index (χ1n) is 36.2. The molecule has 0 aromatic carbocycles. The molecule has 2 unspecified atom stereocenters. The highest BCUT2D eigenvalue weighted by molar-refractivity contribution is 7.47. The highest BCUT2D eigenvalue weighted by Crippen LogP contribution is 2.43. The number of hydrogen-bond donors (Lipinski definition) is 1. The molecule has 1 N–H and O–H groups in total. The summed E-state index contributed by atoms with van der Waals surface area (Å²) in [5.41, 5.74) is 0. The molecule has 0 aliphatic heterocycles. The summed E-state index contributed by atoms with van der Waals surface area (Å²) in [6.07, 6.45) is 88.7. The van der Waals surface area contributed by atoms with Gasteiger partial charge < -0.3 is 18.9 Å². The number of phosphoric ester groups is 1. The van der Waals surface area contributed by atoms with Crippen LogP contribution in [0.3, 0.4) is 0 Å². The molecule has 0 aliphatic carbocycles. The number of unbranched alkanes of at least 4 members (excludes halogenated alkanes) is 41. The normalized spacial score (nSPS) is 13.5. The average molecular weight is 1210 g/mol. The summed E-state index contributed by atoms with van der Waals surface area (Å²) in [5.74, 6) is -0.780. The lowest BCUT2D eigenvalue weighted by Crippen LogP contribution is -2.37. The van der Waals surface area contributed by atoms with E-state index in [0.29, 0.717) is 23.9 Å². The second-order valence-corrected chi connectivity index (χ2v) is 27.1. The van der Waals surface area contributed by atoms with Gasteiger partial charge in [0.2, 0.25) is 0 Å². The zero-order valence-corrected chi connectivity index (χ0v) is 57.5. The van der Waals surface area contributed by atoms with Crippen molar-refractivity contribution in [2.24, 2.45) is 0 Å². The fourth-order valence-electron chi connectivity index (χ4n) is 10.5. The summed E-state index contributed by atoms with van der Waals surface area (Å²) < 4.78 is 34.8. The lowest BCUT2D eigenvalue weighted by atomic mass is 10.0. The van der Waals surface area contributed by atoms with Crippen LogP contribution in [0, 0.1) is 0 Å². The number of quaternary nitrogens is 1. The van der Waals surface area contributed by atoms with Crippen LogP contribution in [0.4, 0.5) is 0 Å². The molecule has 0 fully saturated rings. The topological polar surface area (TPSA) is 108 Å². The molecule has 0 radical (unpaired) electrons. The van der Waals surface area contributed by atoms with Gasteiger partial charge in [-0.05, 0) is 64.2 Å². The molecule has 9 nitrogen and oxygen atoms in total. The number of nitrogens with zero attached hydrogens (tertiary/aromatic N) is 1. The molecule has 0 aliphatic rings. The first-order valence-corrected chi connectivity index (χ1v) is 37.7. The van der Waals surface area contributed by atoms with Crippen molar-refractivity contribution in [3.63, 3.8) is 0 Å². The molecular weight excluding hydrogens is 1070 g/mol. The van der Waals surface area contributed by atoms with Gasteiger partial charge in [-0.1, -0.05) is 337 Å². The van der Waals surface area contributed by atoms with Crippen LogP contribution in [0.15, 0.2) is 72.9 Å². The molecule has 0 aromatic heterocycles. The van der Waals surface area contributed by atoms with E-state index in [1.54, 1.807) is 0 Å². The summed E-state index contributed by atoms with van der Waals surface area (Å²) in [4.78, 5) is 35.9. The molecular formula is C75H139NO8P+. The first-order chi connectivity index (χ1) is 41.5. The van der Waals surface area contributed by atoms with Crippen molar-refractivity contribution in [2.75, 3.05) is 47.5 Å². The maximum atomic E-state index is 12.9. The number of hydrogen-bond acceptors (Lipinski definition) is 7. The fraction of sp³-hybridized carbons (Fsp3) is 0.813. The van der Waals surface area contributed by atoms with E-state index < -0.39 is 26.5 Å². The molecule has 2 atom stereocenters. The van der Waals surface area contributed by atoms with E-state index in [9.17, 15) is 19.0 Å². The summed E-state index contributed by atoms with van der Waals surface area (Å²) in [6.45, 7) is 4.38. The van der Waals surface area contributed by atoms with E-state index in [2.05, 4.69) is 86.8 Å². The summed E-state index contributed by atoms with van der Waals surface area (Å²) in [6, 6.07) is 0. The van der Waals surface area contributed by atoms with Crippen molar-refractivity contribution in [3.8, 4) is 0 Å². The highest BCUT2D eigenvalue weighted by atomic mass is 31.2. The van der Waals surface area contributed by atoms with E-state index in [0.717, 1.165) is 70.6 Å². The lowest BCUT2D eigenvalue weighted by Gasteiger charge is -2.24. The highest BCUT2D eigenvalue weighted by Gasteiger charge is 2.27. The number of allylic oxidation sites excluding steroid dienone is 12. The van der Waals surface area contributed by atoms with Crippen LogP contribution < -0.4 is 0 Å². The number of carbonyl (C=O) groups is 2. The minimum atomic E-state index is -4.39. The minimum absolute atomic E-state index is 0.0326. The van der Waals surface area contributed by atoms with Gasteiger partial charge in [-0.25, -0.2) is 4.57 Å². The smallest absolute Gasteiger partial charge is 0.462 e. The largest absolute Gasteiger partial charge is 0.472 e. The zero-order chi connectivity index (χ0) is 61.9. The predicted molar refractivity (Wildman–Crippen MR) is 367 cm³/mol. The monoisotopic (exact) mass is 1210 g/mol. The van der Waals surface area contributed by atoms with Gasteiger partial charge in [0, 0.05) is 12.8 Å². The Morgan fingerprint density at radius 3 is 1.00 bits per heavy atom. The van der Waals surface area contributed by atoms with Crippen molar-refractivity contribution < 1.29 is 42.1 Å². The zero-order valence-electron chi connectivity index (χ0n) is 56.6. The maximum Gasteiger partial charge on any atom is 0.472 e. The number of likely N-dealkylation sites (N-methyl/N-ethyl adjacent to an activating group) is 1. The van der Waals surface area contributed by atoms with Gasteiger partial charge in [0.15, 0.2) is 6.10 Å². The van der Waals surface area contributed by atoms with Gasteiger partial charge in [0.25, 0.3) is 0 Å². The first kappa shape index (κ1) is 82.5. The van der Waals surface area contributed by atoms with Crippen LogP contribution in [0.5, 0.6) is 0 Å². The number of ether oxygens (including phenoxy) is 2. The van der Waals surface area contributed by atoms with Crippen LogP contribution in [0.1, 0.15) is 341 Å². The van der Waals surface area contributed by atoms with Crippen molar-refractivity contribution in [2.45, 2.75) is 347 Å². The Morgan fingerprint density at radius 1 is 0.376 bits per heavy atom. The van der Waals surface area contributed by atoms with E-state index in [1.165, 1.54) is 238 Å².